The molecular formula is C14H21ClN2O3. The van der Waals surface area contributed by atoms with E-state index in [0.717, 1.165) is 18.6 Å². The van der Waals surface area contributed by atoms with Gasteiger partial charge in [0.2, 0.25) is 0 Å². The van der Waals surface area contributed by atoms with Crippen LogP contribution in [0, 0.1) is 5.41 Å². The molecule has 0 aliphatic carbocycles. The van der Waals surface area contributed by atoms with Gasteiger partial charge in [0.05, 0.1) is 13.2 Å². The minimum absolute atomic E-state index is 0. The van der Waals surface area contributed by atoms with Gasteiger partial charge in [0.25, 0.3) is 0 Å². The molecular weight excluding hydrogens is 280 g/mol. The lowest BCUT2D eigenvalue weighted by atomic mass is 10.2. The molecule has 0 fully saturated rings. The Balaban J connectivity index is 0.00000361. The van der Waals surface area contributed by atoms with E-state index < -0.39 is 0 Å². The third-order valence-corrected chi connectivity index (χ3v) is 2.51. The third kappa shape index (κ3) is 6.99. The van der Waals surface area contributed by atoms with Gasteiger partial charge in [0.15, 0.2) is 0 Å². The van der Waals surface area contributed by atoms with E-state index in [1.807, 2.05) is 0 Å². The minimum atomic E-state index is -0.159. The number of unbranched alkanes of at least 4 members (excludes halogenated alkanes) is 1. The molecule has 20 heavy (non-hydrogen) atoms. The fraction of sp³-hybridized carbons (Fsp3) is 0.429. The Morgan fingerprint density at radius 1 is 1.25 bits per heavy atom. The fourth-order valence-electron chi connectivity index (χ4n) is 1.53. The lowest BCUT2D eigenvalue weighted by Crippen LogP contribution is -2.10. The van der Waals surface area contributed by atoms with Crippen LogP contribution in [0.25, 0.3) is 0 Å². The normalized spacial score (nSPS) is 9.45. The first kappa shape index (κ1) is 18.2. The van der Waals surface area contributed by atoms with E-state index in [1.165, 1.54) is 0 Å². The Morgan fingerprint density at radius 3 is 2.45 bits per heavy atom. The van der Waals surface area contributed by atoms with Crippen LogP contribution in [0.15, 0.2) is 24.3 Å². The first-order chi connectivity index (χ1) is 9.13. The molecule has 0 atom stereocenters. The number of benzene rings is 1. The standard InChI is InChI=1S/C14H20N2O3.ClH/c1-2-18-13(17)5-3-4-10-19-12-8-6-11(7-9-12)14(15)16;/h6-9H,2-5,10H2,1H3,(H3,15,16);1H. The molecule has 0 aliphatic rings. The largest absolute Gasteiger partial charge is 0.494 e. The van der Waals surface area contributed by atoms with Crippen molar-refractivity contribution in [3.8, 4) is 5.75 Å². The molecule has 1 rings (SSSR count). The van der Waals surface area contributed by atoms with E-state index >= 15 is 0 Å². The van der Waals surface area contributed by atoms with Crippen LogP contribution >= 0.6 is 12.4 Å². The monoisotopic (exact) mass is 300 g/mol. The Labute approximate surface area is 125 Å². The van der Waals surface area contributed by atoms with Gasteiger partial charge < -0.3 is 15.2 Å². The molecule has 3 N–H and O–H groups in total. The second kappa shape index (κ2) is 10.1. The van der Waals surface area contributed by atoms with Crippen molar-refractivity contribution < 1.29 is 14.3 Å². The smallest absolute Gasteiger partial charge is 0.305 e. The average molecular weight is 301 g/mol. The molecule has 1 aromatic rings. The molecule has 0 amide bonds. The summed E-state index contributed by atoms with van der Waals surface area (Å²) in [6, 6.07) is 7.05. The van der Waals surface area contributed by atoms with E-state index in [2.05, 4.69) is 0 Å². The van der Waals surface area contributed by atoms with Crippen molar-refractivity contribution in [2.75, 3.05) is 13.2 Å². The molecule has 0 bridgehead atoms. The van der Waals surface area contributed by atoms with E-state index in [0.29, 0.717) is 25.2 Å². The fourth-order valence-corrected chi connectivity index (χ4v) is 1.53. The van der Waals surface area contributed by atoms with Gasteiger partial charge in [-0.3, -0.25) is 10.2 Å². The molecule has 1 aromatic carbocycles. The summed E-state index contributed by atoms with van der Waals surface area (Å²) in [5.74, 6) is 0.621. The molecule has 0 saturated carbocycles. The van der Waals surface area contributed by atoms with E-state index in [1.54, 1.807) is 31.2 Å². The van der Waals surface area contributed by atoms with Crippen LogP contribution < -0.4 is 10.5 Å². The summed E-state index contributed by atoms with van der Waals surface area (Å²) >= 11 is 0. The van der Waals surface area contributed by atoms with Gasteiger partial charge in [-0.05, 0) is 44.0 Å². The summed E-state index contributed by atoms with van der Waals surface area (Å²) in [6.07, 6.45) is 1.98. The average Bonchev–Trinajstić information content (AvgIpc) is 2.39. The zero-order chi connectivity index (χ0) is 14.1. The predicted molar refractivity (Wildman–Crippen MR) is 80.7 cm³/mol. The molecule has 0 heterocycles. The van der Waals surface area contributed by atoms with Crippen molar-refractivity contribution in [3.05, 3.63) is 29.8 Å². The SMILES string of the molecule is CCOC(=O)CCCCOc1ccc(C(=N)N)cc1.Cl. The van der Waals surface area contributed by atoms with Crippen LogP contribution in [-0.4, -0.2) is 25.0 Å². The van der Waals surface area contributed by atoms with Crippen molar-refractivity contribution in [2.24, 2.45) is 5.73 Å². The number of nitrogen functional groups attached to an aromatic ring is 1. The topological polar surface area (TPSA) is 85.4 Å². The zero-order valence-electron chi connectivity index (χ0n) is 11.6. The van der Waals surface area contributed by atoms with Crippen LogP contribution in [0.2, 0.25) is 0 Å². The predicted octanol–water partition coefficient (Wildman–Crippen LogP) is 2.50. The number of rotatable bonds is 8. The minimum Gasteiger partial charge on any atom is -0.494 e. The van der Waals surface area contributed by atoms with Gasteiger partial charge >= 0.3 is 5.97 Å². The number of halogens is 1. The Kier molecular flexibility index (Phi) is 9.20. The first-order valence-electron chi connectivity index (χ1n) is 6.36. The molecule has 112 valence electrons. The Hall–Kier alpha value is -1.75. The number of nitrogens with one attached hydrogen (secondary N) is 1. The number of amidine groups is 1. The van der Waals surface area contributed by atoms with Gasteiger partial charge in [-0.2, -0.15) is 0 Å². The summed E-state index contributed by atoms with van der Waals surface area (Å²) in [7, 11) is 0. The van der Waals surface area contributed by atoms with Gasteiger partial charge in [-0.15, -0.1) is 12.4 Å². The highest BCUT2D eigenvalue weighted by Gasteiger charge is 2.01. The third-order valence-electron chi connectivity index (χ3n) is 2.51. The molecule has 6 heteroatoms. The maximum Gasteiger partial charge on any atom is 0.305 e. The molecule has 0 saturated heterocycles. The molecule has 0 aliphatic heterocycles. The maximum absolute atomic E-state index is 11.1. The summed E-state index contributed by atoms with van der Waals surface area (Å²) in [5.41, 5.74) is 6.03. The van der Waals surface area contributed by atoms with Crippen LogP contribution in [0.3, 0.4) is 0 Å². The molecule has 0 unspecified atom stereocenters. The van der Waals surface area contributed by atoms with Gasteiger partial charge in [-0.25, -0.2) is 0 Å². The van der Waals surface area contributed by atoms with Crippen LogP contribution in [0.4, 0.5) is 0 Å². The van der Waals surface area contributed by atoms with Crippen LogP contribution in [0.1, 0.15) is 31.7 Å². The highest BCUT2D eigenvalue weighted by molar-refractivity contribution is 5.94. The van der Waals surface area contributed by atoms with E-state index in [9.17, 15) is 4.79 Å². The molecule has 0 radical (unpaired) electrons. The quantitative estimate of drug-likeness (QED) is 0.334. The number of hydrogen-bond acceptors (Lipinski definition) is 4. The lowest BCUT2D eigenvalue weighted by Gasteiger charge is -2.06. The number of esters is 1. The molecule has 0 aromatic heterocycles. The van der Waals surface area contributed by atoms with Gasteiger partial charge in [-0.1, -0.05) is 0 Å². The van der Waals surface area contributed by atoms with Crippen molar-refractivity contribution in [1.82, 2.24) is 0 Å². The number of carbonyl (C=O) groups is 1. The molecule has 0 spiro atoms. The van der Waals surface area contributed by atoms with Crippen LogP contribution in [-0.2, 0) is 9.53 Å². The molecule has 5 nitrogen and oxygen atoms in total. The Bertz CT molecular complexity index is 421. The second-order valence-corrected chi connectivity index (χ2v) is 4.05. The zero-order valence-corrected chi connectivity index (χ0v) is 12.4. The van der Waals surface area contributed by atoms with Gasteiger partial charge in [0.1, 0.15) is 11.6 Å². The van der Waals surface area contributed by atoms with E-state index in [4.69, 9.17) is 20.6 Å². The van der Waals surface area contributed by atoms with E-state index in [-0.39, 0.29) is 24.2 Å². The number of ether oxygens (including phenoxy) is 2. The number of carbonyl (C=O) groups excluding carboxylic acids is 1. The highest BCUT2D eigenvalue weighted by atomic mass is 35.5. The summed E-state index contributed by atoms with van der Waals surface area (Å²) in [5, 5.41) is 7.27. The summed E-state index contributed by atoms with van der Waals surface area (Å²) < 4.78 is 10.3. The van der Waals surface area contributed by atoms with Crippen molar-refractivity contribution in [3.63, 3.8) is 0 Å². The highest BCUT2D eigenvalue weighted by Crippen LogP contribution is 2.12. The second-order valence-electron chi connectivity index (χ2n) is 4.05. The Morgan fingerprint density at radius 2 is 1.90 bits per heavy atom. The van der Waals surface area contributed by atoms with Crippen molar-refractivity contribution in [2.45, 2.75) is 26.2 Å². The number of hydrogen-bond donors (Lipinski definition) is 2. The first-order valence-corrected chi connectivity index (χ1v) is 6.36. The summed E-state index contributed by atoms with van der Waals surface area (Å²) in [4.78, 5) is 11.1. The van der Waals surface area contributed by atoms with Gasteiger partial charge in [0, 0.05) is 12.0 Å². The lowest BCUT2D eigenvalue weighted by molar-refractivity contribution is -0.143. The van der Waals surface area contributed by atoms with Crippen LogP contribution in [0.5, 0.6) is 5.75 Å². The van der Waals surface area contributed by atoms with Crippen molar-refractivity contribution in [1.29, 1.82) is 5.41 Å². The summed E-state index contributed by atoms with van der Waals surface area (Å²) in [6.45, 7) is 2.78. The van der Waals surface area contributed by atoms with Crippen molar-refractivity contribution >= 4 is 24.2 Å². The maximum atomic E-state index is 11.1. The number of nitrogens with two attached hydrogens (primary N) is 1.